The maximum atomic E-state index is 12.8. The number of carbonyl (C=O) groups is 1. The summed E-state index contributed by atoms with van der Waals surface area (Å²) in [5.74, 6) is 1.35. The second-order valence-electron chi connectivity index (χ2n) is 7.28. The predicted octanol–water partition coefficient (Wildman–Crippen LogP) is 5.40. The molecule has 0 aliphatic heterocycles. The smallest absolute Gasteiger partial charge is 0.239 e. The first-order valence-corrected chi connectivity index (χ1v) is 13.2. The van der Waals surface area contributed by atoms with Crippen molar-refractivity contribution in [1.29, 1.82) is 0 Å². The van der Waals surface area contributed by atoms with Crippen LogP contribution in [0.2, 0.25) is 0 Å². The molecule has 0 spiro atoms. The van der Waals surface area contributed by atoms with Gasteiger partial charge in [-0.2, -0.15) is 0 Å². The van der Waals surface area contributed by atoms with Gasteiger partial charge in [0.25, 0.3) is 0 Å². The van der Waals surface area contributed by atoms with E-state index in [9.17, 15) is 4.79 Å². The lowest BCUT2D eigenvalue weighted by molar-refractivity contribution is -0.115. The molecule has 1 N–H and O–H groups in total. The fourth-order valence-electron chi connectivity index (χ4n) is 2.95. The highest BCUT2D eigenvalue weighted by Crippen LogP contribution is 2.30. The van der Waals surface area contributed by atoms with Gasteiger partial charge in [-0.3, -0.25) is 14.7 Å². The highest BCUT2D eigenvalue weighted by atomic mass is 32.2. The molecule has 0 fully saturated rings. The van der Waals surface area contributed by atoms with Crippen molar-refractivity contribution in [3.05, 3.63) is 71.0 Å². The van der Waals surface area contributed by atoms with Crippen LogP contribution in [0.1, 0.15) is 30.2 Å². The van der Waals surface area contributed by atoms with Crippen LogP contribution < -0.4 is 5.32 Å². The van der Waals surface area contributed by atoms with Gasteiger partial charge in [-0.25, -0.2) is 0 Å². The molecule has 0 bridgehead atoms. The summed E-state index contributed by atoms with van der Waals surface area (Å²) in [4.78, 5) is 13.9. The maximum absolute atomic E-state index is 12.8. The van der Waals surface area contributed by atoms with E-state index in [2.05, 4.69) is 56.9 Å². The van der Waals surface area contributed by atoms with Gasteiger partial charge in [0.05, 0.1) is 11.0 Å². The summed E-state index contributed by atoms with van der Waals surface area (Å²) in [7, 11) is 0. The number of aryl methyl sites for hydroxylation is 2. The third kappa shape index (κ3) is 6.01. The first kappa shape index (κ1) is 23.5. The lowest BCUT2D eigenvalue weighted by atomic mass is 10.2. The summed E-state index contributed by atoms with van der Waals surface area (Å²) < 4.78 is 2.02. The van der Waals surface area contributed by atoms with E-state index in [0.717, 1.165) is 22.9 Å². The molecule has 0 aliphatic rings. The second-order valence-corrected chi connectivity index (χ2v) is 10.7. The summed E-state index contributed by atoms with van der Waals surface area (Å²) in [6, 6.07) is 18.4. The standard InChI is InChI=1S/C23H24N6OS3/c1-4-20-26-27-22(33-20)24-21(30)16(3)32-23-28-25-19(29(23)17-8-6-5-7-9-17)14-31-18-12-10-15(2)11-13-18/h5-13,16H,4,14H2,1-3H3,(H,24,27,30). The van der Waals surface area contributed by atoms with Crippen molar-refractivity contribution in [3.8, 4) is 5.69 Å². The van der Waals surface area contributed by atoms with Crippen molar-refractivity contribution in [3.63, 3.8) is 0 Å². The van der Waals surface area contributed by atoms with Crippen molar-refractivity contribution in [1.82, 2.24) is 25.0 Å². The van der Waals surface area contributed by atoms with E-state index >= 15 is 0 Å². The Morgan fingerprint density at radius 2 is 1.82 bits per heavy atom. The zero-order chi connectivity index (χ0) is 23.2. The first-order valence-electron chi connectivity index (χ1n) is 10.5. The summed E-state index contributed by atoms with van der Waals surface area (Å²) in [6.45, 7) is 5.94. The van der Waals surface area contributed by atoms with Crippen LogP contribution in [0, 0.1) is 6.92 Å². The molecule has 4 rings (SSSR count). The van der Waals surface area contributed by atoms with Gasteiger partial charge >= 0.3 is 0 Å². The van der Waals surface area contributed by atoms with Gasteiger partial charge in [-0.05, 0) is 44.5 Å². The molecular formula is C23H24N6OS3. The molecule has 1 atom stereocenters. The Kier molecular flexibility index (Phi) is 7.79. The van der Waals surface area contributed by atoms with Gasteiger partial charge in [-0.15, -0.1) is 32.2 Å². The van der Waals surface area contributed by atoms with Crippen LogP contribution in [-0.2, 0) is 17.0 Å². The van der Waals surface area contributed by atoms with E-state index in [-0.39, 0.29) is 11.2 Å². The lowest BCUT2D eigenvalue weighted by Crippen LogP contribution is -2.22. The fourth-order valence-corrected chi connectivity index (χ4v) is 5.33. The number of hydrogen-bond donors (Lipinski definition) is 1. The molecule has 170 valence electrons. The minimum absolute atomic E-state index is 0.142. The molecule has 0 saturated carbocycles. The molecule has 1 unspecified atom stereocenters. The Hall–Kier alpha value is -2.69. The van der Waals surface area contributed by atoms with Crippen LogP contribution in [0.25, 0.3) is 5.69 Å². The molecule has 4 aromatic rings. The number of aromatic nitrogens is 5. The molecule has 0 aliphatic carbocycles. The number of benzene rings is 2. The van der Waals surface area contributed by atoms with Crippen molar-refractivity contribution in [2.24, 2.45) is 0 Å². The quantitative estimate of drug-likeness (QED) is 0.310. The maximum Gasteiger partial charge on any atom is 0.239 e. The third-order valence-corrected chi connectivity index (χ3v) is 7.79. The monoisotopic (exact) mass is 496 g/mol. The summed E-state index contributed by atoms with van der Waals surface area (Å²) in [5.41, 5.74) is 2.20. The van der Waals surface area contributed by atoms with Crippen LogP contribution in [0.3, 0.4) is 0 Å². The normalized spacial score (nSPS) is 12.0. The Morgan fingerprint density at radius 3 is 2.52 bits per heavy atom. The number of hydrogen-bond acceptors (Lipinski definition) is 8. The lowest BCUT2D eigenvalue weighted by Gasteiger charge is -2.13. The number of carbonyl (C=O) groups excluding carboxylic acids is 1. The number of amides is 1. The largest absolute Gasteiger partial charge is 0.300 e. The zero-order valence-electron chi connectivity index (χ0n) is 18.6. The van der Waals surface area contributed by atoms with Crippen molar-refractivity contribution >= 4 is 45.9 Å². The molecule has 1 amide bonds. The molecule has 2 aromatic carbocycles. The number of nitrogens with zero attached hydrogens (tertiary/aromatic N) is 5. The minimum Gasteiger partial charge on any atom is -0.300 e. The van der Waals surface area contributed by atoms with E-state index in [4.69, 9.17) is 0 Å². The van der Waals surface area contributed by atoms with Crippen molar-refractivity contribution in [2.75, 3.05) is 5.32 Å². The van der Waals surface area contributed by atoms with Crippen LogP contribution in [0.15, 0.2) is 64.6 Å². The Bertz CT molecular complexity index is 1210. The number of para-hydroxylation sites is 1. The summed E-state index contributed by atoms with van der Waals surface area (Å²) >= 11 is 4.48. The molecule has 0 saturated heterocycles. The SMILES string of the molecule is CCc1nnc(NC(=O)C(C)Sc2nnc(CSc3ccc(C)cc3)n2-c2ccccc2)s1. The Balaban J connectivity index is 1.51. The summed E-state index contributed by atoms with van der Waals surface area (Å²) in [5, 5.41) is 21.5. The van der Waals surface area contributed by atoms with Gasteiger partial charge in [0.15, 0.2) is 5.16 Å². The van der Waals surface area contributed by atoms with Gasteiger partial charge in [-0.1, -0.05) is 65.9 Å². The second kappa shape index (κ2) is 11.0. The molecule has 2 heterocycles. The molecule has 7 nitrogen and oxygen atoms in total. The average molecular weight is 497 g/mol. The van der Waals surface area contributed by atoms with Crippen LogP contribution in [-0.4, -0.2) is 36.1 Å². The minimum atomic E-state index is -0.386. The Morgan fingerprint density at radius 1 is 1.06 bits per heavy atom. The topological polar surface area (TPSA) is 85.6 Å². The van der Waals surface area contributed by atoms with Gasteiger partial charge < -0.3 is 0 Å². The highest BCUT2D eigenvalue weighted by molar-refractivity contribution is 8.00. The van der Waals surface area contributed by atoms with E-state index in [0.29, 0.717) is 16.0 Å². The van der Waals surface area contributed by atoms with Crippen LogP contribution in [0.4, 0.5) is 5.13 Å². The number of nitrogens with one attached hydrogen (secondary N) is 1. The molecule has 10 heteroatoms. The van der Waals surface area contributed by atoms with E-state index in [1.54, 1.807) is 11.8 Å². The van der Waals surface area contributed by atoms with Gasteiger partial charge in [0.1, 0.15) is 10.8 Å². The number of anilines is 1. The van der Waals surface area contributed by atoms with E-state index in [1.165, 1.54) is 33.6 Å². The molecule has 33 heavy (non-hydrogen) atoms. The van der Waals surface area contributed by atoms with Crippen LogP contribution >= 0.6 is 34.9 Å². The third-order valence-electron chi connectivity index (χ3n) is 4.75. The average Bonchev–Trinajstić information content (AvgIpc) is 3.45. The molecule has 2 aromatic heterocycles. The van der Waals surface area contributed by atoms with Gasteiger partial charge in [0.2, 0.25) is 11.0 Å². The molecule has 0 radical (unpaired) electrons. The van der Waals surface area contributed by atoms with E-state index in [1.807, 2.05) is 48.7 Å². The number of rotatable bonds is 9. The summed E-state index contributed by atoms with van der Waals surface area (Å²) in [6.07, 6.45) is 0.793. The Labute approximate surface area is 205 Å². The fraction of sp³-hybridized carbons (Fsp3) is 0.261. The van der Waals surface area contributed by atoms with Crippen LogP contribution in [0.5, 0.6) is 0 Å². The van der Waals surface area contributed by atoms with E-state index < -0.39 is 0 Å². The predicted molar refractivity (Wildman–Crippen MR) is 135 cm³/mol. The highest BCUT2D eigenvalue weighted by Gasteiger charge is 2.22. The molecular weight excluding hydrogens is 472 g/mol. The zero-order valence-corrected chi connectivity index (χ0v) is 21.0. The number of thioether (sulfide) groups is 2. The van der Waals surface area contributed by atoms with Crippen molar-refractivity contribution in [2.45, 2.75) is 48.2 Å². The first-order chi connectivity index (χ1) is 16.0. The van der Waals surface area contributed by atoms with Crippen molar-refractivity contribution < 1.29 is 4.79 Å². The van der Waals surface area contributed by atoms with Gasteiger partial charge in [0, 0.05) is 10.6 Å².